The molecule has 4 heteroatoms. The molecule has 0 amide bonds. The summed E-state index contributed by atoms with van der Waals surface area (Å²) in [4.78, 5) is 14.6. The molecular weight excluding hydrogens is 647 g/mol. The van der Waals surface area contributed by atoms with E-state index in [1.165, 1.54) is 38.9 Å². The summed E-state index contributed by atoms with van der Waals surface area (Å²) in [6.45, 7) is 4.69. The molecule has 1 aliphatic carbocycles. The SMILES string of the molecule is CC1(c2ccccc2)c2ccccc2Oc2c1ccc1c2-c2ccc(-c3cc(-c4ccccn4)cc(-c4ccccn4)n3)cc2C1(C)c1ccccc1. The molecule has 53 heavy (non-hydrogen) atoms. The summed E-state index contributed by atoms with van der Waals surface area (Å²) in [7, 11) is 0. The Bertz CT molecular complexity index is 2600. The average molecular weight is 682 g/mol. The fourth-order valence-electron chi connectivity index (χ4n) is 8.64. The molecule has 10 rings (SSSR count). The zero-order valence-corrected chi connectivity index (χ0v) is 29.5. The topological polar surface area (TPSA) is 47.9 Å². The molecule has 2 aliphatic rings. The molecule has 4 heterocycles. The van der Waals surface area contributed by atoms with E-state index in [1.54, 1.807) is 0 Å². The molecule has 5 aromatic carbocycles. The van der Waals surface area contributed by atoms with E-state index < -0.39 is 10.8 Å². The lowest BCUT2D eigenvalue weighted by molar-refractivity contribution is 0.428. The number of fused-ring (bicyclic) bond motifs is 6. The molecule has 0 saturated heterocycles. The smallest absolute Gasteiger partial charge is 0.140 e. The van der Waals surface area contributed by atoms with Gasteiger partial charge >= 0.3 is 0 Å². The quantitative estimate of drug-likeness (QED) is 0.181. The molecule has 0 saturated carbocycles. The molecule has 0 bridgehead atoms. The standard InChI is InChI=1S/C49H35N3O/c1-48(34-15-5-3-6-16-34)37-19-9-10-22-45(37)53-47-39(48)26-25-38-46(47)36-24-23-32(29-40(36)49(38,2)35-17-7-4-8-18-35)43-30-33(41-20-11-13-27-50-41)31-44(52-43)42-21-12-14-28-51-42/h3-31H,1-2H3. The summed E-state index contributed by atoms with van der Waals surface area (Å²) in [6.07, 6.45) is 3.64. The van der Waals surface area contributed by atoms with Gasteiger partial charge in [0.05, 0.1) is 22.8 Å². The van der Waals surface area contributed by atoms with Crippen LogP contribution in [0.2, 0.25) is 0 Å². The van der Waals surface area contributed by atoms with Crippen molar-refractivity contribution in [2.45, 2.75) is 24.7 Å². The maximum atomic E-state index is 7.04. The van der Waals surface area contributed by atoms with Crippen molar-refractivity contribution in [2.75, 3.05) is 0 Å². The van der Waals surface area contributed by atoms with Crippen molar-refractivity contribution >= 4 is 0 Å². The van der Waals surface area contributed by atoms with Crippen LogP contribution < -0.4 is 4.74 Å². The third-order valence-corrected chi connectivity index (χ3v) is 11.4. The molecule has 0 N–H and O–H groups in total. The van der Waals surface area contributed by atoms with Gasteiger partial charge in [0, 0.05) is 51.0 Å². The van der Waals surface area contributed by atoms with Crippen LogP contribution in [0.5, 0.6) is 11.5 Å². The summed E-state index contributed by atoms with van der Waals surface area (Å²) < 4.78 is 7.04. The van der Waals surface area contributed by atoms with Gasteiger partial charge in [-0.15, -0.1) is 0 Å². The monoisotopic (exact) mass is 681 g/mol. The minimum Gasteiger partial charge on any atom is -0.456 e. The predicted octanol–water partition coefficient (Wildman–Crippen LogP) is 11.7. The van der Waals surface area contributed by atoms with Crippen molar-refractivity contribution in [3.05, 3.63) is 210 Å². The van der Waals surface area contributed by atoms with E-state index in [0.717, 1.165) is 51.0 Å². The zero-order valence-electron chi connectivity index (χ0n) is 29.5. The van der Waals surface area contributed by atoms with Crippen LogP contribution >= 0.6 is 0 Å². The van der Waals surface area contributed by atoms with E-state index in [-0.39, 0.29) is 0 Å². The van der Waals surface area contributed by atoms with Crippen molar-refractivity contribution in [1.29, 1.82) is 0 Å². The van der Waals surface area contributed by atoms with Crippen LogP contribution in [0.1, 0.15) is 47.2 Å². The number of benzene rings is 5. The normalized spacial score (nSPS) is 17.9. The Hall–Kier alpha value is -6.65. The van der Waals surface area contributed by atoms with Gasteiger partial charge in [0.15, 0.2) is 0 Å². The lowest BCUT2D eigenvalue weighted by Crippen LogP contribution is -2.30. The molecule has 0 radical (unpaired) electrons. The molecule has 8 aromatic rings. The number of aromatic nitrogens is 3. The Morgan fingerprint density at radius 1 is 0.434 bits per heavy atom. The third-order valence-electron chi connectivity index (χ3n) is 11.4. The highest BCUT2D eigenvalue weighted by molar-refractivity contribution is 5.91. The van der Waals surface area contributed by atoms with Crippen LogP contribution in [0, 0.1) is 0 Å². The maximum absolute atomic E-state index is 7.04. The second kappa shape index (κ2) is 12.0. The van der Waals surface area contributed by atoms with Crippen LogP contribution in [0.25, 0.3) is 45.0 Å². The summed E-state index contributed by atoms with van der Waals surface area (Å²) in [5, 5.41) is 0. The lowest BCUT2D eigenvalue weighted by Gasteiger charge is -2.39. The largest absolute Gasteiger partial charge is 0.456 e. The van der Waals surface area contributed by atoms with Gasteiger partial charge in [0.1, 0.15) is 11.5 Å². The van der Waals surface area contributed by atoms with Crippen LogP contribution in [-0.2, 0) is 10.8 Å². The Morgan fingerprint density at radius 2 is 1.04 bits per heavy atom. The van der Waals surface area contributed by atoms with Gasteiger partial charge in [0.25, 0.3) is 0 Å². The predicted molar refractivity (Wildman–Crippen MR) is 212 cm³/mol. The van der Waals surface area contributed by atoms with Crippen LogP contribution in [-0.4, -0.2) is 15.0 Å². The second-order valence-corrected chi connectivity index (χ2v) is 14.3. The molecule has 4 nitrogen and oxygen atoms in total. The molecule has 3 aromatic heterocycles. The first-order valence-corrected chi connectivity index (χ1v) is 18.1. The zero-order chi connectivity index (χ0) is 35.6. The van der Waals surface area contributed by atoms with E-state index in [0.29, 0.717) is 0 Å². The number of hydrogen-bond donors (Lipinski definition) is 0. The highest BCUT2D eigenvalue weighted by Crippen LogP contribution is 2.61. The Kier molecular flexibility index (Phi) is 7.02. The van der Waals surface area contributed by atoms with Gasteiger partial charge in [-0.3, -0.25) is 9.97 Å². The van der Waals surface area contributed by atoms with Gasteiger partial charge in [0.2, 0.25) is 0 Å². The maximum Gasteiger partial charge on any atom is 0.140 e. The summed E-state index contributed by atoms with van der Waals surface area (Å²) in [5.41, 5.74) is 14.1. The number of hydrogen-bond acceptors (Lipinski definition) is 4. The van der Waals surface area contributed by atoms with E-state index in [1.807, 2.05) is 48.8 Å². The van der Waals surface area contributed by atoms with Crippen LogP contribution in [0.4, 0.5) is 0 Å². The molecule has 2 atom stereocenters. The van der Waals surface area contributed by atoms with Crippen molar-refractivity contribution in [1.82, 2.24) is 15.0 Å². The first-order valence-electron chi connectivity index (χ1n) is 18.1. The van der Waals surface area contributed by atoms with Gasteiger partial charge in [-0.05, 0) is 90.2 Å². The number of ether oxygens (including phenoxy) is 1. The summed E-state index contributed by atoms with van der Waals surface area (Å²) in [6, 6.07) is 57.8. The second-order valence-electron chi connectivity index (χ2n) is 14.3. The Balaban J connectivity index is 1.22. The fourth-order valence-corrected chi connectivity index (χ4v) is 8.64. The Labute approximate surface area is 309 Å². The molecule has 1 aliphatic heterocycles. The minimum absolute atomic E-state index is 0.413. The minimum atomic E-state index is -0.456. The molecule has 0 spiro atoms. The van der Waals surface area contributed by atoms with Crippen molar-refractivity contribution in [3.8, 4) is 56.5 Å². The Morgan fingerprint density at radius 3 is 1.74 bits per heavy atom. The summed E-state index contributed by atoms with van der Waals surface area (Å²) >= 11 is 0. The van der Waals surface area contributed by atoms with Gasteiger partial charge < -0.3 is 4.74 Å². The highest BCUT2D eigenvalue weighted by Gasteiger charge is 2.47. The number of pyridine rings is 3. The van der Waals surface area contributed by atoms with Gasteiger partial charge in [-0.2, -0.15) is 0 Å². The van der Waals surface area contributed by atoms with E-state index in [9.17, 15) is 0 Å². The van der Waals surface area contributed by atoms with E-state index in [2.05, 4.69) is 146 Å². The number of para-hydroxylation sites is 1. The van der Waals surface area contributed by atoms with Gasteiger partial charge in [-0.25, -0.2) is 4.98 Å². The van der Waals surface area contributed by atoms with E-state index >= 15 is 0 Å². The van der Waals surface area contributed by atoms with E-state index in [4.69, 9.17) is 14.7 Å². The van der Waals surface area contributed by atoms with Crippen LogP contribution in [0.15, 0.2) is 176 Å². The number of nitrogens with zero attached hydrogens (tertiary/aromatic N) is 3. The van der Waals surface area contributed by atoms with Gasteiger partial charge in [-0.1, -0.05) is 115 Å². The van der Waals surface area contributed by atoms with Crippen molar-refractivity contribution in [2.24, 2.45) is 0 Å². The summed E-state index contributed by atoms with van der Waals surface area (Å²) in [5.74, 6) is 1.82. The molecule has 0 fully saturated rings. The van der Waals surface area contributed by atoms with Crippen molar-refractivity contribution in [3.63, 3.8) is 0 Å². The van der Waals surface area contributed by atoms with Crippen molar-refractivity contribution < 1.29 is 4.74 Å². The first kappa shape index (κ1) is 31.1. The average Bonchev–Trinajstić information content (AvgIpc) is 3.50. The third kappa shape index (κ3) is 4.72. The lowest BCUT2D eigenvalue weighted by atomic mass is 9.68. The molecule has 252 valence electrons. The molecule has 2 unspecified atom stereocenters. The highest BCUT2D eigenvalue weighted by atomic mass is 16.5. The van der Waals surface area contributed by atoms with Crippen LogP contribution in [0.3, 0.4) is 0 Å². The number of rotatable bonds is 5. The fraction of sp³-hybridized carbons (Fsp3) is 0.0816. The first-order chi connectivity index (χ1) is 26.0. The molecular formula is C49H35N3O.